The lowest BCUT2D eigenvalue weighted by Gasteiger charge is -2.18. The topological polar surface area (TPSA) is 78.9 Å². The molecule has 1 atom stereocenters. The van der Waals surface area contributed by atoms with E-state index in [9.17, 15) is 14.4 Å². The Balaban J connectivity index is 4.30. The minimum Gasteiger partial charge on any atom is -0.462 e. The second-order valence-electron chi connectivity index (χ2n) is 22.0. The van der Waals surface area contributed by atoms with Gasteiger partial charge in [-0.1, -0.05) is 315 Å². The number of esters is 3. The highest BCUT2D eigenvalue weighted by Crippen LogP contribution is 2.18. The Morgan fingerprint density at radius 3 is 0.704 bits per heavy atom. The molecule has 0 spiro atoms. The van der Waals surface area contributed by atoms with Crippen molar-refractivity contribution < 1.29 is 28.6 Å². The van der Waals surface area contributed by atoms with Crippen molar-refractivity contribution in [3.05, 3.63) is 12.2 Å². The van der Waals surface area contributed by atoms with Gasteiger partial charge in [0.1, 0.15) is 13.2 Å². The fraction of sp³-hybridized carbons (Fsp3) is 0.923. The van der Waals surface area contributed by atoms with Crippen LogP contribution < -0.4 is 0 Å². The maximum atomic E-state index is 12.9. The first-order valence-corrected chi connectivity index (χ1v) is 32.2. The number of unbranched alkanes of at least 4 members (excludes halogenated alkanes) is 47. The van der Waals surface area contributed by atoms with Crippen molar-refractivity contribution in [1.82, 2.24) is 0 Å². The van der Waals surface area contributed by atoms with Gasteiger partial charge in [-0.25, -0.2) is 0 Å². The van der Waals surface area contributed by atoms with Crippen LogP contribution in [0.5, 0.6) is 0 Å². The predicted octanol–water partition coefficient (Wildman–Crippen LogP) is 21.7. The number of hydrogen-bond donors (Lipinski definition) is 0. The van der Waals surface area contributed by atoms with Crippen LogP contribution in [0.15, 0.2) is 12.2 Å². The Morgan fingerprint density at radius 2 is 0.465 bits per heavy atom. The summed E-state index contributed by atoms with van der Waals surface area (Å²) >= 11 is 0. The van der Waals surface area contributed by atoms with Gasteiger partial charge in [-0.3, -0.25) is 14.4 Å². The molecule has 0 aliphatic rings. The molecule has 0 bridgehead atoms. The van der Waals surface area contributed by atoms with E-state index < -0.39 is 6.10 Å². The summed E-state index contributed by atoms with van der Waals surface area (Å²) < 4.78 is 17.0. The molecule has 0 heterocycles. The molecule has 0 N–H and O–H groups in total. The van der Waals surface area contributed by atoms with Gasteiger partial charge < -0.3 is 14.2 Å². The number of allylic oxidation sites excluding steroid dienone is 2. The highest BCUT2D eigenvalue weighted by molar-refractivity contribution is 5.71. The first-order valence-electron chi connectivity index (χ1n) is 32.2. The second-order valence-corrected chi connectivity index (χ2v) is 22.0. The lowest BCUT2D eigenvalue weighted by atomic mass is 10.0. The van der Waals surface area contributed by atoms with Crippen LogP contribution in [0.25, 0.3) is 0 Å². The van der Waals surface area contributed by atoms with E-state index in [1.807, 2.05) is 0 Å². The van der Waals surface area contributed by atoms with E-state index in [-0.39, 0.29) is 31.1 Å². The molecular formula is C65H124O6. The summed E-state index contributed by atoms with van der Waals surface area (Å²) in [4.78, 5) is 38.3. The Labute approximate surface area is 443 Å². The van der Waals surface area contributed by atoms with Crippen molar-refractivity contribution in [2.45, 2.75) is 374 Å². The zero-order valence-corrected chi connectivity index (χ0v) is 48.3. The van der Waals surface area contributed by atoms with E-state index in [4.69, 9.17) is 14.2 Å². The number of hydrogen-bond acceptors (Lipinski definition) is 6. The minimum atomic E-state index is -0.767. The van der Waals surface area contributed by atoms with Crippen molar-refractivity contribution in [3.8, 4) is 0 Å². The number of carbonyl (C=O) groups is 3. The van der Waals surface area contributed by atoms with Crippen LogP contribution in [0.4, 0.5) is 0 Å². The highest BCUT2D eigenvalue weighted by Gasteiger charge is 2.19. The summed E-state index contributed by atoms with van der Waals surface area (Å²) in [6.45, 7) is 6.71. The standard InChI is InChI=1S/C65H124O6/c1-4-7-10-13-16-19-22-25-28-31-32-35-37-40-43-46-49-52-55-58-64(67)70-61-62(71-65(68)59-56-53-50-47-44-41-38-34-30-27-24-21-18-15-12-9-6-3)60-69-63(66)57-54-51-48-45-42-39-36-33-29-26-23-20-17-14-11-8-5-2/h26,29,62H,4-25,27-28,30-61H2,1-3H3/b29-26-/t62-/m1/s1. The van der Waals surface area contributed by atoms with Gasteiger partial charge in [0, 0.05) is 19.3 Å². The third-order valence-corrected chi connectivity index (χ3v) is 14.8. The summed E-state index contributed by atoms with van der Waals surface area (Å²) in [5.41, 5.74) is 0. The molecular weight excluding hydrogens is 877 g/mol. The molecule has 0 saturated heterocycles. The van der Waals surface area contributed by atoms with E-state index >= 15 is 0 Å². The minimum absolute atomic E-state index is 0.0645. The third-order valence-electron chi connectivity index (χ3n) is 14.8. The summed E-state index contributed by atoms with van der Waals surface area (Å²) in [5.74, 6) is -0.837. The van der Waals surface area contributed by atoms with Crippen molar-refractivity contribution in [3.63, 3.8) is 0 Å². The van der Waals surface area contributed by atoms with Crippen molar-refractivity contribution >= 4 is 17.9 Å². The first-order chi connectivity index (χ1) is 35.0. The van der Waals surface area contributed by atoms with Crippen LogP contribution in [0, 0.1) is 0 Å². The second kappa shape index (κ2) is 60.7. The normalized spacial score (nSPS) is 12.0. The lowest BCUT2D eigenvalue weighted by molar-refractivity contribution is -0.167. The third kappa shape index (κ3) is 58.9. The average Bonchev–Trinajstić information content (AvgIpc) is 3.37. The monoisotopic (exact) mass is 1000 g/mol. The first kappa shape index (κ1) is 69.2. The lowest BCUT2D eigenvalue weighted by Crippen LogP contribution is -2.30. The van der Waals surface area contributed by atoms with Crippen LogP contribution in [0.2, 0.25) is 0 Å². The van der Waals surface area contributed by atoms with E-state index in [1.54, 1.807) is 0 Å². The van der Waals surface area contributed by atoms with Crippen molar-refractivity contribution in [1.29, 1.82) is 0 Å². The largest absolute Gasteiger partial charge is 0.462 e. The molecule has 0 aromatic heterocycles. The Kier molecular flexibility index (Phi) is 59.1. The fourth-order valence-corrected chi connectivity index (χ4v) is 9.91. The summed E-state index contributed by atoms with van der Waals surface area (Å²) in [6, 6.07) is 0. The number of rotatable bonds is 60. The molecule has 0 saturated carbocycles. The Morgan fingerprint density at radius 1 is 0.268 bits per heavy atom. The molecule has 6 nitrogen and oxygen atoms in total. The van der Waals surface area contributed by atoms with Gasteiger partial charge in [-0.05, 0) is 44.9 Å². The van der Waals surface area contributed by atoms with Crippen LogP contribution in [-0.2, 0) is 28.6 Å². The summed E-state index contributed by atoms with van der Waals surface area (Å²) in [7, 11) is 0. The zero-order valence-electron chi connectivity index (χ0n) is 48.3. The highest BCUT2D eigenvalue weighted by atomic mass is 16.6. The average molecular weight is 1000 g/mol. The molecule has 420 valence electrons. The van der Waals surface area contributed by atoms with Gasteiger partial charge in [0.15, 0.2) is 6.10 Å². The molecule has 0 aromatic rings. The summed E-state index contributed by atoms with van der Waals surface area (Å²) in [5, 5.41) is 0. The van der Waals surface area contributed by atoms with Gasteiger partial charge in [0.25, 0.3) is 0 Å². The number of ether oxygens (including phenoxy) is 3. The molecule has 0 unspecified atom stereocenters. The molecule has 0 rings (SSSR count). The van der Waals surface area contributed by atoms with Crippen LogP contribution in [-0.4, -0.2) is 37.2 Å². The molecule has 0 radical (unpaired) electrons. The smallest absolute Gasteiger partial charge is 0.306 e. The van der Waals surface area contributed by atoms with Gasteiger partial charge in [-0.15, -0.1) is 0 Å². The molecule has 0 aromatic carbocycles. The zero-order chi connectivity index (χ0) is 51.4. The Bertz CT molecular complexity index is 1100. The van der Waals surface area contributed by atoms with E-state index in [2.05, 4.69) is 32.9 Å². The predicted molar refractivity (Wildman–Crippen MR) is 307 cm³/mol. The summed E-state index contributed by atoms with van der Waals surface area (Å²) in [6.07, 6.45) is 70.7. The maximum Gasteiger partial charge on any atom is 0.306 e. The Hall–Kier alpha value is -1.85. The molecule has 0 aliphatic carbocycles. The maximum absolute atomic E-state index is 12.9. The van der Waals surface area contributed by atoms with Gasteiger partial charge in [-0.2, -0.15) is 0 Å². The fourth-order valence-electron chi connectivity index (χ4n) is 9.91. The molecule has 71 heavy (non-hydrogen) atoms. The number of carbonyl (C=O) groups excluding carboxylic acids is 3. The molecule has 6 heteroatoms. The van der Waals surface area contributed by atoms with Crippen LogP contribution in [0.1, 0.15) is 367 Å². The van der Waals surface area contributed by atoms with E-state index in [0.717, 1.165) is 57.8 Å². The van der Waals surface area contributed by atoms with E-state index in [1.165, 1.54) is 270 Å². The van der Waals surface area contributed by atoms with Crippen molar-refractivity contribution in [2.24, 2.45) is 0 Å². The SMILES string of the molecule is CCCCCCCC/C=C\CCCCCCCCCC(=O)OC[C@H](COC(=O)CCCCCCCCCCCCCCCCCCCCC)OC(=O)CCCCCCCCCCCCCCCCCCC. The van der Waals surface area contributed by atoms with Gasteiger partial charge >= 0.3 is 17.9 Å². The molecule has 0 fully saturated rings. The van der Waals surface area contributed by atoms with Crippen molar-refractivity contribution in [2.75, 3.05) is 13.2 Å². The van der Waals surface area contributed by atoms with Crippen LogP contribution >= 0.6 is 0 Å². The van der Waals surface area contributed by atoms with Gasteiger partial charge in [0.05, 0.1) is 0 Å². The van der Waals surface area contributed by atoms with E-state index in [0.29, 0.717) is 19.3 Å². The molecule has 0 aliphatic heterocycles. The van der Waals surface area contributed by atoms with Crippen LogP contribution in [0.3, 0.4) is 0 Å². The quantitative estimate of drug-likeness (QED) is 0.0261. The molecule has 0 amide bonds. The van der Waals surface area contributed by atoms with Gasteiger partial charge in [0.2, 0.25) is 0 Å².